The monoisotopic (exact) mass is 356 g/mol. The third-order valence-corrected chi connectivity index (χ3v) is 5.28. The highest BCUT2D eigenvalue weighted by Crippen LogP contribution is 2.41. The molecule has 3 rings (SSSR count). The Morgan fingerprint density at radius 1 is 1.26 bits per heavy atom. The number of fused-ring (bicyclic) bond motifs is 1. The van der Waals surface area contributed by atoms with Gasteiger partial charge in [0, 0.05) is 12.3 Å². The molecule has 0 aliphatic carbocycles. The SMILES string of the molecule is CC.CC1C(c2cn3c(Cl)cc(Cl)nc3n2)NCCCC1(C)C. The maximum Gasteiger partial charge on any atom is 0.236 e. The van der Waals surface area contributed by atoms with Crippen LogP contribution in [-0.2, 0) is 0 Å². The molecule has 0 aromatic carbocycles. The van der Waals surface area contributed by atoms with Gasteiger partial charge in [-0.3, -0.25) is 4.40 Å². The lowest BCUT2D eigenvalue weighted by atomic mass is 9.73. The van der Waals surface area contributed by atoms with Gasteiger partial charge in [0.25, 0.3) is 0 Å². The first-order chi connectivity index (χ1) is 10.9. The lowest BCUT2D eigenvalue weighted by molar-refractivity contribution is 0.184. The molecule has 1 saturated heterocycles. The molecule has 2 atom stereocenters. The average Bonchev–Trinajstić information content (AvgIpc) is 2.86. The second-order valence-corrected chi connectivity index (χ2v) is 7.32. The van der Waals surface area contributed by atoms with Gasteiger partial charge in [-0.05, 0) is 30.7 Å². The van der Waals surface area contributed by atoms with Gasteiger partial charge in [0.1, 0.15) is 10.3 Å². The van der Waals surface area contributed by atoms with Crippen LogP contribution in [0, 0.1) is 11.3 Å². The Hall–Kier alpha value is -0.840. The van der Waals surface area contributed by atoms with Crippen molar-refractivity contribution in [1.82, 2.24) is 19.7 Å². The quantitative estimate of drug-likeness (QED) is 0.718. The number of hydrogen-bond acceptors (Lipinski definition) is 3. The summed E-state index contributed by atoms with van der Waals surface area (Å²) in [5.74, 6) is 1.03. The van der Waals surface area contributed by atoms with Crippen molar-refractivity contribution in [2.75, 3.05) is 6.54 Å². The number of rotatable bonds is 1. The van der Waals surface area contributed by atoms with Crippen molar-refractivity contribution in [1.29, 1.82) is 0 Å². The normalized spacial score (nSPS) is 24.0. The van der Waals surface area contributed by atoms with Crippen LogP contribution >= 0.6 is 23.2 Å². The summed E-state index contributed by atoms with van der Waals surface area (Å²) in [5, 5.41) is 4.52. The Morgan fingerprint density at radius 3 is 2.65 bits per heavy atom. The number of nitrogens with one attached hydrogen (secondary N) is 1. The predicted octanol–water partition coefficient (Wildman–Crippen LogP) is 5.15. The average molecular weight is 357 g/mol. The zero-order valence-electron chi connectivity index (χ0n) is 14.5. The van der Waals surface area contributed by atoms with Crippen molar-refractivity contribution < 1.29 is 0 Å². The highest BCUT2D eigenvalue weighted by Gasteiger charge is 2.36. The molecule has 1 aliphatic rings. The van der Waals surface area contributed by atoms with Crippen LogP contribution in [0.1, 0.15) is 59.2 Å². The van der Waals surface area contributed by atoms with E-state index in [4.69, 9.17) is 23.2 Å². The zero-order valence-corrected chi connectivity index (χ0v) is 16.0. The largest absolute Gasteiger partial charge is 0.308 e. The number of nitrogens with zero attached hydrogens (tertiary/aromatic N) is 3. The van der Waals surface area contributed by atoms with Crippen LogP contribution in [0.3, 0.4) is 0 Å². The van der Waals surface area contributed by atoms with Crippen molar-refractivity contribution in [3.05, 3.63) is 28.3 Å². The topological polar surface area (TPSA) is 42.2 Å². The van der Waals surface area contributed by atoms with Gasteiger partial charge in [-0.2, -0.15) is 0 Å². The molecule has 2 aromatic rings. The molecule has 0 radical (unpaired) electrons. The summed E-state index contributed by atoms with van der Waals surface area (Å²) >= 11 is 12.2. The van der Waals surface area contributed by atoms with Crippen molar-refractivity contribution in [2.24, 2.45) is 11.3 Å². The van der Waals surface area contributed by atoms with E-state index in [1.54, 1.807) is 10.5 Å². The van der Waals surface area contributed by atoms with E-state index in [9.17, 15) is 0 Å². The van der Waals surface area contributed by atoms with Crippen LogP contribution in [0.2, 0.25) is 10.3 Å². The minimum atomic E-state index is 0.207. The second-order valence-electron chi connectivity index (χ2n) is 6.55. The first-order valence-electron chi connectivity index (χ1n) is 8.33. The fourth-order valence-electron chi connectivity index (χ4n) is 3.09. The van der Waals surface area contributed by atoms with Crippen LogP contribution < -0.4 is 5.32 Å². The van der Waals surface area contributed by atoms with E-state index in [1.807, 2.05) is 20.0 Å². The Morgan fingerprint density at radius 2 is 1.96 bits per heavy atom. The molecule has 4 nitrogen and oxygen atoms in total. The summed E-state index contributed by atoms with van der Waals surface area (Å²) in [6, 6.07) is 1.84. The number of halogens is 2. The molecule has 1 fully saturated rings. The van der Waals surface area contributed by atoms with Gasteiger partial charge in [0.15, 0.2) is 0 Å². The molecule has 1 N–H and O–H groups in total. The smallest absolute Gasteiger partial charge is 0.236 e. The number of imidazole rings is 1. The van der Waals surface area contributed by atoms with Crippen LogP contribution in [0.15, 0.2) is 12.3 Å². The van der Waals surface area contributed by atoms with E-state index < -0.39 is 0 Å². The molecule has 2 aromatic heterocycles. The van der Waals surface area contributed by atoms with Gasteiger partial charge < -0.3 is 5.32 Å². The van der Waals surface area contributed by atoms with Gasteiger partial charge in [0.05, 0.1) is 11.7 Å². The van der Waals surface area contributed by atoms with Crippen LogP contribution in [0.25, 0.3) is 5.78 Å². The van der Waals surface area contributed by atoms with Crippen molar-refractivity contribution in [3.8, 4) is 0 Å². The van der Waals surface area contributed by atoms with Gasteiger partial charge in [-0.15, -0.1) is 0 Å². The minimum absolute atomic E-state index is 0.207. The highest BCUT2D eigenvalue weighted by molar-refractivity contribution is 6.33. The van der Waals surface area contributed by atoms with Gasteiger partial charge >= 0.3 is 0 Å². The minimum Gasteiger partial charge on any atom is -0.308 e. The van der Waals surface area contributed by atoms with E-state index >= 15 is 0 Å². The molecule has 1 aliphatic heterocycles. The zero-order chi connectivity index (χ0) is 17.2. The Balaban J connectivity index is 0.000000924. The second kappa shape index (κ2) is 7.37. The lowest BCUT2D eigenvalue weighted by Crippen LogP contribution is -2.32. The molecule has 3 heterocycles. The van der Waals surface area contributed by atoms with Gasteiger partial charge in [0.2, 0.25) is 5.78 Å². The molecular weight excluding hydrogens is 331 g/mol. The Kier molecular flexibility index (Phi) is 5.93. The summed E-state index contributed by atoms with van der Waals surface area (Å²) in [4.78, 5) is 8.88. The summed E-state index contributed by atoms with van der Waals surface area (Å²) in [6.45, 7) is 12.0. The van der Waals surface area contributed by atoms with E-state index in [0.717, 1.165) is 12.2 Å². The van der Waals surface area contributed by atoms with E-state index in [1.165, 1.54) is 12.8 Å². The first kappa shape index (κ1) is 18.5. The fourth-order valence-corrected chi connectivity index (χ4v) is 3.55. The fraction of sp³-hybridized carbons (Fsp3) is 0.647. The van der Waals surface area contributed by atoms with Crippen molar-refractivity contribution in [2.45, 2.75) is 53.5 Å². The highest BCUT2D eigenvalue weighted by atomic mass is 35.5. The van der Waals surface area contributed by atoms with Crippen LogP contribution in [0.4, 0.5) is 0 Å². The Labute approximate surface area is 148 Å². The summed E-state index contributed by atoms with van der Waals surface area (Å²) in [5.41, 5.74) is 1.26. The molecule has 2 unspecified atom stereocenters. The standard InChI is InChI=1S/C15H20Cl2N4.C2H6/c1-9-13(18-6-4-5-15(9,2)3)10-8-21-12(17)7-11(16)20-14(21)19-10;1-2/h7-9,13,18H,4-6H2,1-3H3;1-2H3. The summed E-state index contributed by atoms with van der Waals surface area (Å²) < 4.78 is 1.79. The van der Waals surface area contributed by atoms with E-state index in [-0.39, 0.29) is 11.5 Å². The van der Waals surface area contributed by atoms with E-state index in [2.05, 4.69) is 36.1 Å². The maximum absolute atomic E-state index is 6.22. The van der Waals surface area contributed by atoms with Gasteiger partial charge in [-0.25, -0.2) is 9.97 Å². The molecular formula is C17H26Cl2N4. The predicted molar refractivity (Wildman–Crippen MR) is 97.3 cm³/mol. The van der Waals surface area contributed by atoms with Crippen molar-refractivity contribution in [3.63, 3.8) is 0 Å². The molecule has 0 saturated carbocycles. The molecule has 0 spiro atoms. The Bertz CT molecular complexity index is 666. The molecule has 0 amide bonds. The van der Waals surface area contributed by atoms with Gasteiger partial charge in [-0.1, -0.05) is 57.8 Å². The van der Waals surface area contributed by atoms with Crippen LogP contribution in [0.5, 0.6) is 0 Å². The molecule has 0 bridgehead atoms. The third-order valence-electron chi connectivity index (χ3n) is 4.79. The lowest BCUT2D eigenvalue weighted by Gasteiger charge is -2.34. The number of hydrogen-bond donors (Lipinski definition) is 1. The first-order valence-corrected chi connectivity index (χ1v) is 9.08. The van der Waals surface area contributed by atoms with Crippen LogP contribution in [-0.4, -0.2) is 20.9 Å². The summed E-state index contributed by atoms with van der Waals surface area (Å²) in [7, 11) is 0. The third kappa shape index (κ3) is 3.81. The molecule has 6 heteroatoms. The maximum atomic E-state index is 6.22. The number of aromatic nitrogens is 3. The summed E-state index contributed by atoms with van der Waals surface area (Å²) in [6.07, 6.45) is 4.37. The van der Waals surface area contributed by atoms with Crippen molar-refractivity contribution >= 4 is 29.0 Å². The van der Waals surface area contributed by atoms with E-state index in [0.29, 0.717) is 22.0 Å². The molecule has 128 valence electrons. The molecule has 23 heavy (non-hydrogen) atoms.